The van der Waals surface area contributed by atoms with Crippen molar-refractivity contribution in [3.63, 3.8) is 0 Å². The van der Waals surface area contributed by atoms with E-state index in [2.05, 4.69) is 9.97 Å². The molecule has 0 bridgehead atoms. The van der Waals surface area contributed by atoms with Crippen LogP contribution in [0.15, 0.2) is 24.5 Å². The zero-order chi connectivity index (χ0) is 10.8. The number of rotatable bonds is 2. The van der Waals surface area contributed by atoms with E-state index in [0.29, 0.717) is 5.56 Å². The zero-order valence-corrected chi connectivity index (χ0v) is 8.52. The van der Waals surface area contributed by atoms with Gasteiger partial charge in [0.25, 0.3) is 5.91 Å². The highest BCUT2D eigenvalue weighted by Crippen LogP contribution is 2.12. The van der Waals surface area contributed by atoms with Gasteiger partial charge in [0.1, 0.15) is 5.65 Å². The molecule has 0 fully saturated rings. The molecule has 0 saturated heterocycles. The van der Waals surface area contributed by atoms with E-state index in [1.54, 1.807) is 19.3 Å². The van der Waals surface area contributed by atoms with E-state index in [0.717, 1.165) is 16.1 Å². The van der Waals surface area contributed by atoms with Crippen LogP contribution in [0.25, 0.3) is 11.0 Å². The summed E-state index contributed by atoms with van der Waals surface area (Å²) in [6, 6.07) is 3.64. The van der Waals surface area contributed by atoms with E-state index in [1.807, 2.05) is 6.07 Å². The van der Waals surface area contributed by atoms with Gasteiger partial charge >= 0.3 is 0 Å². The molecule has 2 aromatic rings. The molecular formula is C10H11N3O2. The van der Waals surface area contributed by atoms with Crippen LogP contribution in [0, 0.1) is 0 Å². The average molecular weight is 205 g/mol. The highest BCUT2D eigenvalue weighted by atomic mass is 16.7. The topological polar surface area (TPSA) is 58.2 Å². The number of pyridine rings is 1. The average Bonchev–Trinajstić information content (AvgIpc) is 2.73. The number of H-pyrrole nitrogens is 1. The molecule has 0 spiro atoms. The van der Waals surface area contributed by atoms with Crippen LogP contribution < -0.4 is 0 Å². The minimum absolute atomic E-state index is 0.215. The third-order valence-corrected chi connectivity index (χ3v) is 2.21. The van der Waals surface area contributed by atoms with Crippen LogP contribution in [0.2, 0.25) is 0 Å². The normalized spacial score (nSPS) is 10.5. The molecule has 0 atom stereocenters. The highest BCUT2D eigenvalue weighted by Gasteiger charge is 2.12. The molecule has 78 valence electrons. The number of amides is 1. The number of carbonyl (C=O) groups is 1. The number of fused-ring (bicyclic) bond motifs is 1. The van der Waals surface area contributed by atoms with Gasteiger partial charge in [-0.3, -0.25) is 9.63 Å². The van der Waals surface area contributed by atoms with Gasteiger partial charge in [-0.1, -0.05) is 0 Å². The Morgan fingerprint density at radius 1 is 1.60 bits per heavy atom. The van der Waals surface area contributed by atoms with E-state index in [1.165, 1.54) is 13.3 Å². The minimum Gasteiger partial charge on any atom is -0.346 e. The molecule has 2 aromatic heterocycles. The van der Waals surface area contributed by atoms with Crippen molar-refractivity contribution in [2.24, 2.45) is 0 Å². The monoisotopic (exact) mass is 205 g/mol. The third kappa shape index (κ3) is 1.69. The standard InChI is InChI=1S/C10H11N3O2/c1-13(15-2)10(14)8-5-7-3-4-11-9(7)12-6-8/h3-6H,1-2H3,(H,11,12). The van der Waals surface area contributed by atoms with E-state index < -0.39 is 0 Å². The molecule has 2 heterocycles. The lowest BCUT2D eigenvalue weighted by Crippen LogP contribution is -2.25. The van der Waals surface area contributed by atoms with Crippen LogP contribution >= 0.6 is 0 Å². The number of nitrogens with one attached hydrogen (secondary N) is 1. The summed E-state index contributed by atoms with van der Waals surface area (Å²) in [5, 5.41) is 2.07. The number of hydroxylamine groups is 2. The Hall–Kier alpha value is -1.88. The number of hydrogen-bond donors (Lipinski definition) is 1. The zero-order valence-electron chi connectivity index (χ0n) is 8.52. The van der Waals surface area contributed by atoms with Crippen molar-refractivity contribution < 1.29 is 9.63 Å². The second-order valence-electron chi connectivity index (χ2n) is 3.12. The summed E-state index contributed by atoms with van der Waals surface area (Å²) in [4.78, 5) is 23.6. The van der Waals surface area contributed by atoms with Gasteiger partial charge in [0.05, 0.1) is 12.7 Å². The van der Waals surface area contributed by atoms with Crippen LogP contribution in [0.1, 0.15) is 10.4 Å². The number of aromatic nitrogens is 2. The Balaban J connectivity index is 2.39. The van der Waals surface area contributed by atoms with Crippen molar-refractivity contribution in [2.45, 2.75) is 0 Å². The molecular weight excluding hydrogens is 194 g/mol. The number of hydrogen-bond acceptors (Lipinski definition) is 3. The molecule has 5 nitrogen and oxygen atoms in total. The molecule has 0 aliphatic rings. The number of aromatic amines is 1. The Kier molecular flexibility index (Phi) is 2.39. The molecule has 0 saturated carbocycles. The van der Waals surface area contributed by atoms with Gasteiger partial charge in [0.2, 0.25) is 0 Å². The lowest BCUT2D eigenvalue weighted by molar-refractivity contribution is -0.0757. The Morgan fingerprint density at radius 3 is 3.13 bits per heavy atom. The van der Waals surface area contributed by atoms with E-state index in [-0.39, 0.29) is 5.91 Å². The van der Waals surface area contributed by atoms with Crippen molar-refractivity contribution in [3.05, 3.63) is 30.1 Å². The highest BCUT2D eigenvalue weighted by molar-refractivity contribution is 5.96. The van der Waals surface area contributed by atoms with Crippen molar-refractivity contribution >= 4 is 16.9 Å². The van der Waals surface area contributed by atoms with Crippen LogP contribution in [0.5, 0.6) is 0 Å². The van der Waals surface area contributed by atoms with Crippen LogP contribution in [-0.4, -0.2) is 35.1 Å². The molecule has 1 amide bonds. The van der Waals surface area contributed by atoms with Crippen LogP contribution in [0.3, 0.4) is 0 Å². The first-order chi connectivity index (χ1) is 7.22. The van der Waals surface area contributed by atoms with Crippen molar-refractivity contribution in [1.82, 2.24) is 15.0 Å². The summed E-state index contributed by atoms with van der Waals surface area (Å²) in [5.74, 6) is -0.215. The lowest BCUT2D eigenvalue weighted by Gasteiger charge is -2.12. The van der Waals surface area contributed by atoms with Crippen LogP contribution in [-0.2, 0) is 4.84 Å². The summed E-state index contributed by atoms with van der Waals surface area (Å²) in [5.41, 5.74) is 1.28. The smallest absolute Gasteiger partial charge is 0.278 e. The molecule has 0 aliphatic heterocycles. The fourth-order valence-corrected chi connectivity index (χ4v) is 1.32. The van der Waals surface area contributed by atoms with Crippen LogP contribution in [0.4, 0.5) is 0 Å². The molecule has 2 rings (SSSR count). The summed E-state index contributed by atoms with van der Waals surface area (Å²) in [6.07, 6.45) is 3.31. The predicted octanol–water partition coefficient (Wildman–Crippen LogP) is 1.20. The van der Waals surface area contributed by atoms with Gasteiger partial charge in [0, 0.05) is 24.8 Å². The Bertz CT molecular complexity index is 492. The van der Waals surface area contributed by atoms with Crippen molar-refractivity contribution in [1.29, 1.82) is 0 Å². The van der Waals surface area contributed by atoms with Gasteiger partial charge in [0.15, 0.2) is 0 Å². The molecule has 5 heteroatoms. The van der Waals surface area contributed by atoms with Gasteiger partial charge in [-0.15, -0.1) is 0 Å². The first-order valence-corrected chi connectivity index (χ1v) is 4.47. The second-order valence-corrected chi connectivity index (χ2v) is 3.12. The summed E-state index contributed by atoms with van der Waals surface area (Å²) in [6.45, 7) is 0. The quantitative estimate of drug-likeness (QED) is 0.749. The Labute approximate surface area is 86.6 Å². The van der Waals surface area contributed by atoms with E-state index >= 15 is 0 Å². The van der Waals surface area contributed by atoms with E-state index in [4.69, 9.17) is 4.84 Å². The first kappa shape index (κ1) is 9.67. The minimum atomic E-state index is -0.215. The van der Waals surface area contributed by atoms with Gasteiger partial charge < -0.3 is 4.98 Å². The van der Waals surface area contributed by atoms with Crippen molar-refractivity contribution in [2.75, 3.05) is 14.2 Å². The molecule has 15 heavy (non-hydrogen) atoms. The first-order valence-electron chi connectivity index (χ1n) is 4.47. The fraction of sp³-hybridized carbons (Fsp3) is 0.200. The maximum Gasteiger partial charge on any atom is 0.278 e. The van der Waals surface area contributed by atoms with E-state index in [9.17, 15) is 4.79 Å². The predicted molar refractivity (Wildman–Crippen MR) is 55.2 cm³/mol. The summed E-state index contributed by atoms with van der Waals surface area (Å²) >= 11 is 0. The molecule has 0 radical (unpaired) electrons. The molecule has 0 aliphatic carbocycles. The maximum absolute atomic E-state index is 11.7. The SMILES string of the molecule is CON(C)C(=O)c1cnc2[nH]ccc2c1. The van der Waals surface area contributed by atoms with Gasteiger partial charge in [-0.2, -0.15) is 0 Å². The fourth-order valence-electron chi connectivity index (χ4n) is 1.32. The summed E-state index contributed by atoms with van der Waals surface area (Å²) < 4.78 is 0. The molecule has 0 aromatic carbocycles. The second kappa shape index (κ2) is 3.70. The largest absolute Gasteiger partial charge is 0.346 e. The maximum atomic E-state index is 11.7. The lowest BCUT2D eigenvalue weighted by atomic mass is 10.2. The number of nitrogens with zero attached hydrogens (tertiary/aromatic N) is 2. The summed E-state index contributed by atoms with van der Waals surface area (Å²) in [7, 11) is 3.00. The molecule has 1 N–H and O–H groups in total. The molecule has 0 unspecified atom stereocenters. The van der Waals surface area contributed by atoms with Gasteiger partial charge in [-0.25, -0.2) is 10.0 Å². The van der Waals surface area contributed by atoms with Gasteiger partial charge in [-0.05, 0) is 12.1 Å². The van der Waals surface area contributed by atoms with Crippen molar-refractivity contribution in [3.8, 4) is 0 Å². The number of carbonyl (C=O) groups excluding carboxylic acids is 1. The Morgan fingerprint density at radius 2 is 2.40 bits per heavy atom. The third-order valence-electron chi connectivity index (χ3n) is 2.21.